The Morgan fingerprint density at radius 3 is 2.70 bits per heavy atom. The molecule has 9 heteroatoms. The van der Waals surface area contributed by atoms with Gasteiger partial charge in [-0.25, -0.2) is 0 Å². The molecule has 0 fully saturated rings. The van der Waals surface area contributed by atoms with Crippen molar-refractivity contribution in [3.8, 4) is 17.1 Å². The summed E-state index contributed by atoms with van der Waals surface area (Å²) in [5, 5.41) is 7.77. The van der Waals surface area contributed by atoms with Gasteiger partial charge in [-0.3, -0.25) is 9.78 Å². The molecule has 0 aliphatic carbocycles. The summed E-state index contributed by atoms with van der Waals surface area (Å²) >= 11 is 12.1. The zero-order valence-electron chi connectivity index (χ0n) is 16.6. The van der Waals surface area contributed by atoms with E-state index in [-0.39, 0.29) is 24.3 Å². The molecule has 30 heavy (non-hydrogen) atoms. The van der Waals surface area contributed by atoms with E-state index in [1.54, 1.807) is 42.7 Å². The smallest absolute Gasteiger partial charge is 0.249 e. The van der Waals surface area contributed by atoms with Crippen LogP contribution < -0.4 is 10.1 Å². The normalized spacial score (nSPS) is 12.0. The summed E-state index contributed by atoms with van der Waals surface area (Å²) in [7, 11) is 0. The number of halogens is 2. The molecule has 0 aliphatic rings. The lowest BCUT2D eigenvalue weighted by molar-refractivity contribution is -0.122. The van der Waals surface area contributed by atoms with E-state index in [2.05, 4.69) is 20.4 Å². The number of nitrogens with one attached hydrogen (secondary N) is 1. The molecule has 7 nitrogen and oxygen atoms in total. The number of hydrogen-bond acceptors (Lipinski definition) is 6. The Morgan fingerprint density at radius 2 is 1.97 bits per heavy atom. The van der Waals surface area contributed by atoms with Crippen LogP contribution in [0.15, 0.2) is 47.2 Å². The molecule has 0 spiro atoms. The van der Waals surface area contributed by atoms with Crippen LogP contribution in [-0.4, -0.2) is 27.6 Å². The highest BCUT2D eigenvalue weighted by atomic mass is 35.5. The van der Waals surface area contributed by atoms with Crippen LogP contribution in [0.25, 0.3) is 11.4 Å². The van der Waals surface area contributed by atoms with Crippen molar-refractivity contribution in [1.29, 1.82) is 0 Å². The van der Waals surface area contributed by atoms with Crippen LogP contribution in [0.3, 0.4) is 0 Å². The first-order chi connectivity index (χ1) is 14.5. The zero-order chi connectivity index (χ0) is 21.5. The van der Waals surface area contributed by atoms with Gasteiger partial charge in [0, 0.05) is 24.4 Å². The topological polar surface area (TPSA) is 90.1 Å². The maximum atomic E-state index is 12.4. The van der Waals surface area contributed by atoms with E-state index in [0.29, 0.717) is 40.5 Å². The number of aromatic nitrogens is 3. The average molecular weight is 449 g/mol. The van der Waals surface area contributed by atoms with Gasteiger partial charge < -0.3 is 14.6 Å². The SMILES string of the molecule is CC(C)C(NC(=O)CCCOc1cccc(Cl)c1Cl)c1nc(-c2ccncc2)no1. The van der Waals surface area contributed by atoms with E-state index in [1.807, 2.05) is 13.8 Å². The van der Waals surface area contributed by atoms with Gasteiger partial charge in [0.1, 0.15) is 16.8 Å². The van der Waals surface area contributed by atoms with Crippen molar-refractivity contribution in [3.63, 3.8) is 0 Å². The lowest BCUT2D eigenvalue weighted by Gasteiger charge is -2.18. The summed E-state index contributed by atoms with van der Waals surface area (Å²) in [6.45, 7) is 4.30. The van der Waals surface area contributed by atoms with Crippen LogP contribution >= 0.6 is 23.2 Å². The molecule has 0 bridgehead atoms. The number of nitrogens with zero attached hydrogens (tertiary/aromatic N) is 3. The van der Waals surface area contributed by atoms with Gasteiger partial charge in [-0.1, -0.05) is 48.3 Å². The monoisotopic (exact) mass is 448 g/mol. The van der Waals surface area contributed by atoms with Crippen LogP contribution in [-0.2, 0) is 4.79 Å². The fourth-order valence-corrected chi connectivity index (χ4v) is 3.10. The average Bonchev–Trinajstić information content (AvgIpc) is 3.22. The standard InChI is InChI=1S/C21H22Cl2N4O3/c1-13(2)19(21-26-20(27-30-21)14-8-10-24-11-9-14)25-17(28)7-4-12-29-16-6-3-5-15(22)18(16)23/h3,5-6,8-11,13,19H,4,7,12H2,1-2H3,(H,25,28). The third kappa shape index (κ3) is 5.70. The number of amides is 1. The van der Waals surface area contributed by atoms with Crippen molar-refractivity contribution in [1.82, 2.24) is 20.4 Å². The molecule has 1 aromatic carbocycles. The predicted octanol–water partition coefficient (Wildman–Crippen LogP) is 5.11. The lowest BCUT2D eigenvalue weighted by Crippen LogP contribution is -2.32. The summed E-state index contributed by atoms with van der Waals surface area (Å²) < 4.78 is 11.0. The van der Waals surface area contributed by atoms with Crippen molar-refractivity contribution < 1.29 is 14.1 Å². The molecule has 0 saturated heterocycles. The molecule has 1 N–H and O–H groups in total. The molecule has 2 aromatic heterocycles. The minimum atomic E-state index is -0.385. The number of pyridine rings is 1. The number of carbonyl (C=O) groups is 1. The Balaban J connectivity index is 1.53. The van der Waals surface area contributed by atoms with Gasteiger partial charge >= 0.3 is 0 Å². The number of ether oxygens (including phenoxy) is 1. The fourth-order valence-electron chi connectivity index (χ4n) is 2.75. The van der Waals surface area contributed by atoms with Gasteiger partial charge in [0.15, 0.2) is 0 Å². The van der Waals surface area contributed by atoms with Crippen LogP contribution in [0.5, 0.6) is 5.75 Å². The summed E-state index contributed by atoms with van der Waals surface area (Å²) in [6, 6.07) is 8.39. The molecule has 1 amide bonds. The molecule has 158 valence electrons. The highest BCUT2D eigenvalue weighted by molar-refractivity contribution is 6.42. The third-order valence-corrected chi connectivity index (χ3v) is 5.15. The minimum absolute atomic E-state index is 0.0706. The van der Waals surface area contributed by atoms with Crippen molar-refractivity contribution >= 4 is 29.1 Å². The van der Waals surface area contributed by atoms with Gasteiger partial charge in [-0.05, 0) is 36.6 Å². The second-order valence-electron chi connectivity index (χ2n) is 6.99. The Hall–Kier alpha value is -2.64. The Bertz CT molecular complexity index is 979. The van der Waals surface area contributed by atoms with E-state index in [4.69, 9.17) is 32.5 Å². The maximum Gasteiger partial charge on any atom is 0.249 e. The van der Waals surface area contributed by atoms with Crippen molar-refractivity contribution in [2.45, 2.75) is 32.7 Å². The summed E-state index contributed by atoms with van der Waals surface area (Å²) in [5.41, 5.74) is 0.797. The molecular formula is C21H22Cl2N4O3. The highest BCUT2D eigenvalue weighted by Gasteiger charge is 2.24. The Kier molecular flexibility index (Phi) is 7.65. The molecular weight excluding hydrogens is 427 g/mol. The quantitative estimate of drug-likeness (QED) is 0.457. The van der Waals surface area contributed by atoms with E-state index >= 15 is 0 Å². The summed E-state index contributed by atoms with van der Waals surface area (Å²) in [4.78, 5) is 20.8. The van der Waals surface area contributed by atoms with Crippen LogP contribution in [0.1, 0.15) is 38.6 Å². The zero-order valence-corrected chi connectivity index (χ0v) is 18.2. The van der Waals surface area contributed by atoms with Crippen LogP contribution in [0.2, 0.25) is 10.0 Å². The summed E-state index contributed by atoms with van der Waals surface area (Å²) in [5.74, 6) is 1.27. The summed E-state index contributed by atoms with van der Waals surface area (Å²) in [6.07, 6.45) is 4.12. The first kappa shape index (κ1) is 22.1. The molecule has 0 radical (unpaired) electrons. The number of carbonyl (C=O) groups excluding carboxylic acids is 1. The second kappa shape index (κ2) is 10.4. The van der Waals surface area contributed by atoms with Gasteiger partial charge in [0.25, 0.3) is 0 Å². The largest absolute Gasteiger partial charge is 0.492 e. The van der Waals surface area contributed by atoms with Crippen molar-refractivity contribution in [2.75, 3.05) is 6.61 Å². The Labute approximate surface area is 184 Å². The number of hydrogen-bond donors (Lipinski definition) is 1. The first-order valence-corrected chi connectivity index (χ1v) is 10.3. The van der Waals surface area contributed by atoms with Crippen molar-refractivity contribution in [3.05, 3.63) is 58.7 Å². The van der Waals surface area contributed by atoms with E-state index in [0.717, 1.165) is 5.56 Å². The molecule has 0 saturated carbocycles. The molecule has 1 unspecified atom stereocenters. The van der Waals surface area contributed by atoms with E-state index in [9.17, 15) is 4.79 Å². The molecule has 3 rings (SSSR count). The lowest BCUT2D eigenvalue weighted by atomic mass is 10.0. The van der Waals surface area contributed by atoms with Gasteiger partial charge in [-0.2, -0.15) is 4.98 Å². The van der Waals surface area contributed by atoms with E-state index in [1.165, 1.54) is 0 Å². The van der Waals surface area contributed by atoms with Crippen molar-refractivity contribution in [2.24, 2.45) is 5.92 Å². The molecule has 1 atom stereocenters. The second-order valence-corrected chi connectivity index (χ2v) is 7.77. The fraction of sp³-hybridized carbons (Fsp3) is 0.333. The molecule has 3 aromatic rings. The van der Waals surface area contributed by atoms with E-state index < -0.39 is 0 Å². The van der Waals surface area contributed by atoms with Gasteiger partial charge in [-0.15, -0.1) is 0 Å². The Morgan fingerprint density at radius 1 is 1.20 bits per heavy atom. The van der Waals surface area contributed by atoms with Crippen LogP contribution in [0, 0.1) is 5.92 Å². The highest BCUT2D eigenvalue weighted by Crippen LogP contribution is 2.31. The van der Waals surface area contributed by atoms with Gasteiger partial charge in [0.05, 0.1) is 11.6 Å². The molecule has 2 heterocycles. The number of benzene rings is 1. The molecule has 0 aliphatic heterocycles. The third-order valence-electron chi connectivity index (χ3n) is 4.35. The predicted molar refractivity (Wildman–Crippen MR) is 114 cm³/mol. The van der Waals surface area contributed by atoms with Crippen LogP contribution in [0.4, 0.5) is 0 Å². The maximum absolute atomic E-state index is 12.4. The first-order valence-electron chi connectivity index (χ1n) is 9.56. The number of rotatable bonds is 9. The minimum Gasteiger partial charge on any atom is -0.492 e. The van der Waals surface area contributed by atoms with Gasteiger partial charge in [0.2, 0.25) is 17.6 Å².